The fraction of sp³-hybridized carbons (Fsp3) is 0.579. The van der Waals surface area contributed by atoms with Gasteiger partial charge in [0.05, 0.1) is 6.54 Å². The Morgan fingerprint density at radius 1 is 1.31 bits per heavy atom. The Balaban J connectivity index is 2.18. The van der Waals surface area contributed by atoms with Crippen molar-refractivity contribution in [3.8, 4) is 5.75 Å². The second-order valence-electron chi connectivity index (χ2n) is 7.80. The minimum absolute atomic E-state index is 0.159. The number of likely N-dealkylation sites (tertiary alicyclic amines) is 1. The van der Waals surface area contributed by atoms with Gasteiger partial charge in [-0.05, 0) is 50.5 Å². The number of benzene rings is 1. The molecule has 1 aliphatic heterocycles. The standard InChI is InChI=1S/C19H26ClNO5/c1-11(2)14-8-12(20)6-7-16(14)25-13-9-15(17(22)23)21(10-13)18(24)26-19(3,4)5/h6-8,11,13,15H,9-10H2,1-5H3,(H,22,23)/t13-,15-/m0/s1. The highest BCUT2D eigenvalue weighted by Gasteiger charge is 2.42. The quantitative estimate of drug-likeness (QED) is 0.838. The molecular weight excluding hydrogens is 358 g/mol. The van der Waals surface area contributed by atoms with Gasteiger partial charge in [0.1, 0.15) is 23.5 Å². The number of carboxylic acids is 1. The van der Waals surface area contributed by atoms with Crippen molar-refractivity contribution >= 4 is 23.7 Å². The lowest BCUT2D eigenvalue weighted by atomic mass is 10.0. The Hall–Kier alpha value is -1.95. The summed E-state index contributed by atoms with van der Waals surface area (Å²) in [6.07, 6.45) is -0.868. The summed E-state index contributed by atoms with van der Waals surface area (Å²) in [4.78, 5) is 25.2. The summed E-state index contributed by atoms with van der Waals surface area (Å²) in [6, 6.07) is 4.39. The van der Waals surface area contributed by atoms with Crippen molar-refractivity contribution in [3.05, 3.63) is 28.8 Å². The SMILES string of the molecule is CC(C)c1cc(Cl)ccc1O[C@H]1C[C@@H](C(=O)O)N(C(=O)OC(C)(C)C)C1. The van der Waals surface area contributed by atoms with E-state index < -0.39 is 29.8 Å². The first-order chi connectivity index (χ1) is 12.0. The fourth-order valence-electron chi connectivity index (χ4n) is 2.90. The van der Waals surface area contributed by atoms with Crippen LogP contribution in [-0.2, 0) is 9.53 Å². The lowest BCUT2D eigenvalue weighted by Gasteiger charge is -2.26. The molecule has 6 nitrogen and oxygen atoms in total. The summed E-state index contributed by atoms with van der Waals surface area (Å²) < 4.78 is 11.4. The molecule has 0 aromatic heterocycles. The van der Waals surface area contributed by atoms with E-state index in [0.717, 1.165) is 5.56 Å². The second kappa shape index (κ2) is 7.74. The van der Waals surface area contributed by atoms with Gasteiger partial charge in [0.25, 0.3) is 0 Å². The zero-order valence-corrected chi connectivity index (χ0v) is 16.5. The largest absolute Gasteiger partial charge is 0.488 e. The van der Waals surface area contributed by atoms with Crippen LogP contribution in [0.3, 0.4) is 0 Å². The number of carbonyl (C=O) groups excluding carboxylic acids is 1. The molecule has 2 rings (SSSR count). The van der Waals surface area contributed by atoms with E-state index in [1.165, 1.54) is 4.90 Å². The van der Waals surface area contributed by atoms with Gasteiger partial charge in [-0.25, -0.2) is 9.59 Å². The van der Waals surface area contributed by atoms with Gasteiger partial charge >= 0.3 is 12.1 Å². The van der Waals surface area contributed by atoms with Gasteiger partial charge in [0.2, 0.25) is 0 Å². The Morgan fingerprint density at radius 2 is 1.96 bits per heavy atom. The summed E-state index contributed by atoms with van der Waals surface area (Å²) in [5.74, 6) is -0.214. The molecule has 1 fully saturated rings. The van der Waals surface area contributed by atoms with Crippen molar-refractivity contribution in [1.29, 1.82) is 0 Å². The number of hydrogen-bond donors (Lipinski definition) is 1. The van der Waals surface area contributed by atoms with Crippen LogP contribution in [-0.4, -0.2) is 46.4 Å². The molecule has 1 aliphatic rings. The molecule has 0 unspecified atom stereocenters. The zero-order valence-electron chi connectivity index (χ0n) is 15.8. The van der Waals surface area contributed by atoms with E-state index in [4.69, 9.17) is 21.1 Å². The first kappa shape index (κ1) is 20.4. The lowest BCUT2D eigenvalue weighted by Crippen LogP contribution is -2.43. The van der Waals surface area contributed by atoms with Gasteiger partial charge in [0.15, 0.2) is 0 Å². The molecule has 1 aromatic rings. The van der Waals surface area contributed by atoms with Gasteiger partial charge in [-0.15, -0.1) is 0 Å². The highest BCUT2D eigenvalue weighted by atomic mass is 35.5. The number of ether oxygens (including phenoxy) is 2. The van der Waals surface area contributed by atoms with Crippen LogP contribution in [0.1, 0.15) is 52.5 Å². The Kier molecular flexibility index (Phi) is 6.06. The van der Waals surface area contributed by atoms with Crippen LogP contribution in [0, 0.1) is 0 Å². The predicted octanol–water partition coefficient (Wildman–Crippen LogP) is 4.30. The molecule has 1 aromatic carbocycles. The normalized spacial score (nSPS) is 20.3. The number of hydrogen-bond acceptors (Lipinski definition) is 4. The van der Waals surface area contributed by atoms with E-state index in [-0.39, 0.29) is 18.9 Å². The number of rotatable bonds is 4. The third-order valence-corrected chi connectivity index (χ3v) is 4.30. The number of halogens is 1. The van der Waals surface area contributed by atoms with Crippen molar-refractivity contribution in [1.82, 2.24) is 4.90 Å². The molecule has 0 aliphatic carbocycles. The molecule has 7 heteroatoms. The third-order valence-electron chi connectivity index (χ3n) is 4.06. The summed E-state index contributed by atoms with van der Waals surface area (Å²) in [5, 5.41) is 10.1. The highest BCUT2D eigenvalue weighted by Crippen LogP contribution is 2.32. The maximum Gasteiger partial charge on any atom is 0.411 e. The van der Waals surface area contributed by atoms with Gasteiger partial charge < -0.3 is 14.6 Å². The van der Waals surface area contributed by atoms with Crippen LogP contribution in [0.2, 0.25) is 5.02 Å². The highest BCUT2D eigenvalue weighted by molar-refractivity contribution is 6.30. The molecule has 1 saturated heterocycles. The first-order valence-electron chi connectivity index (χ1n) is 8.66. The minimum atomic E-state index is -1.07. The van der Waals surface area contributed by atoms with E-state index in [9.17, 15) is 14.7 Å². The van der Waals surface area contributed by atoms with Crippen molar-refractivity contribution in [3.63, 3.8) is 0 Å². The molecule has 1 N–H and O–H groups in total. The summed E-state index contributed by atoms with van der Waals surface area (Å²) >= 11 is 6.07. The minimum Gasteiger partial charge on any atom is -0.488 e. The molecule has 1 amide bonds. The predicted molar refractivity (Wildman–Crippen MR) is 98.9 cm³/mol. The summed E-state index contributed by atoms with van der Waals surface area (Å²) in [7, 11) is 0. The fourth-order valence-corrected chi connectivity index (χ4v) is 3.08. The lowest BCUT2D eigenvalue weighted by molar-refractivity contribution is -0.142. The zero-order chi connectivity index (χ0) is 19.6. The van der Waals surface area contributed by atoms with E-state index in [0.29, 0.717) is 10.8 Å². The molecule has 26 heavy (non-hydrogen) atoms. The van der Waals surface area contributed by atoms with Gasteiger partial charge in [-0.3, -0.25) is 4.90 Å². The van der Waals surface area contributed by atoms with Crippen LogP contribution in [0.15, 0.2) is 18.2 Å². The van der Waals surface area contributed by atoms with Crippen LogP contribution < -0.4 is 4.74 Å². The number of carbonyl (C=O) groups is 2. The molecular formula is C19H26ClNO5. The van der Waals surface area contributed by atoms with Crippen LogP contribution in [0.25, 0.3) is 0 Å². The van der Waals surface area contributed by atoms with Crippen molar-refractivity contribution < 1.29 is 24.2 Å². The maximum atomic E-state index is 12.4. The molecule has 0 radical (unpaired) electrons. The van der Waals surface area contributed by atoms with Gasteiger partial charge in [-0.2, -0.15) is 0 Å². The smallest absolute Gasteiger partial charge is 0.411 e. The van der Waals surface area contributed by atoms with E-state index >= 15 is 0 Å². The van der Waals surface area contributed by atoms with Gasteiger partial charge in [0, 0.05) is 11.4 Å². The van der Waals surface area contributed by atoms with Crippen molar-refractivity contribution in [2.45, 2.75) is 64.7 Å². The number of amides is 1. The van der Waals surface area contributed by atoms with E-state index in [2.05, 4.69) is 0 Å². The molecule has 1 heterocycles. The monoisotopic (exact) mass is 383 g/mol. The van der Waals surface area contributed by atoms with E-state index in [1.807, 2.05) is 19.9 Å². The number of aliphatic carboxylic acids is 1. The first-order valence-corrected chi connectivity index (χ1v) is 9.04. The Bertz CT molecular complexity index is 683. The summed E-state index contributed by atoms with van der Waals surface area (Å²) in [5.41, 5.74) is 0.250. The van der Waals surface area contributed by atoms with Crippen LogP contribution >= 0.6 is 11.6 Å². The Labute approximate surface area is 159 Å². The molecule has 2 atom stereocenters. The summed E-state index contributed by atoms with van der Waals surface area (Å²) in [6.45, 7) is 9.44. The topological polar surface area (TPSA) is 76.1 Å². The second-order valence-corrected chi connectivity index (χ2v) is 8.24. The van der Waals surface area contributed by atoms with Crippen LogP contribution in [0.5, 0.6) is 5.75 Å². The number of nitrogens with zero attached hydrogens (tertiary/aromatic N) is 1. The molecule has 0 bridgehead atoms. The molecule has 0 spiro atoms. The molecule has 144 valence electrons. The third kappa shape index (κ3) is 5.04. The van der Waals surface area contributed by atoms with Crippen LogP contribution in [0.4, 0.5) is 4.79 Å². The van der Waals surface area contributed by atoms with Crippen molar-refractivity contribution in [2.75, 3.05) is 6.54 Å². The van der Waals surface area contributed by atoms with E-state index in [1.54, 1.807) is 32.9 Å². The number of carboxylic acid groups (broad SMARTS) is 1. The van der Waals surface area contributed by atoms with Gasteiger partial charge in [-0.1, -0.05) is 25.4 Å². The van der Waals surface area contributed by atoms with Crippen molar-refractivity contribution in [2.24, 2.45) is 0 Å². The Morgan fingerprint density at radius 3 is 2.50 bits per heavy atom. The average molecular weight is 384 g/mol. The average Bonchev–Trinajstić information content (AvgIpc) is 2.91. The maximum absolute atomic E-state index is 12.4. The molecule has 0 saturated carbocycles.